The lowest BCUT2D eigenvalue weighted by molar-refractivity contribution is -0.116. The number of hydrogen-bond acceptors (Lipinski definition) is 4. The summed E-state index contributed by atoms with van der Waals surface area (Å²) in [6.45, 7) is 4.28. The molecule has 0 aliphatic carbocycles. The minimum Gasteiger partial charge on any atom is -0.312 e. The first-order valence-electron chi connectivity index (χ1n) is 8.10. The Labute approximate surface area is 132 Å². The fourth-order valence-corrected chi connectivity index (χ4v) is 2.93. The quantitative estimate of drug-likeness (QED) is 0.591. The molecule has 0 spiro atoms. The van der Waals surface area contributed by atoms with E-state index in [-0.39, 0.29) is 11.9 Å². The molecule has 0 saturated heterocycles. The number of anilines is 1. The van der Waals surface area contributed by atoms with Gasteiger partial charge in [-0.05, 0) is 20.4 Å². The monoisotopic (exact) mass is 311 g/mol. The molecule has 0 aliphatic heterocycles. The summed E-state index contributed by atoms with van der Waals surface area (Å²) in [5.74, 6) is 0.0848. The zero-order valence-corrected chi connectivity index (χ0v) is 14.4. The first kappa shape index (κ1) is 18.1. The molecule has 5 heteroatoms. The van der Waals surface area contributed by atoms with Gasteiger partial charge in [0, 0.05) is 17.8 Å². The highest BCUT2D eigenvalue weighted by Gasteiger charge is 2.10. The first-order valence-corrected chi connectivity index (χ1v) is 8.97. The number of aromatic nitrogens is 1. The van der Waals surface area contributed by atoms with E-state index in [1.54, 1.807) is 0 Å². The average Bonchev–Trinajstić information content (AvgIpc) is 2.94. The summed E-state index contributed by atoms with van der Waals surface area (Å²) in [4.78, 5) is 16.3. The van der Waals surface area contributed by atoms with E-state index in [2.05, 4.69) is 29.5 Å². The van der Waals surface area contributed by atoms with Crippen LogP contribution < -0.4 is 10.6 Å². The largest absolute Gasteiger partial charge is 0.312 e. The predicted octanol–water partition coefficient (Wildman–Crippen LogP) is 4.50. The molecule has 120 valence electrons. The number of hydrogen-bond donors (Lipinski definition) is 2. The maximum atomic E-state index is 11.8. The highest BCUT2D eigenvalue weighted by Crippen LogP contribution is 2.20. The van der Waals surface area contributed by atoms with Crippen molar-refractivity contribution in [3.05, 3.63) is 11.1 Å². The van der Waals surface area contributed by atoms with Crippen molar-refractivity contribution in [2.75, 3.05) is 12.4 Å². The molecule has 1 heterocycles. The van der Waals surface area contributed by atoms with Crippen LogP contribution in [0.25, 0.3) is 0 Å². The third-order valence-electron chi connectivity index (χ3n) is 3.65. The maximum absolute atomic E-state index is 11.8. The van der Waals surface area contributed by atoms with Gasteiger partial charge in [0.1, 0.15) is 0 Å². The van der Waals surface area contributed by atoms with Gasteiger partial charge in [-0.1, -0.05) is 45.4 Å². The molecular weight excluding hydrogens is 282 g/mol. The fourth-order valence-electron chi connectivity index (χ4n) is 2.11. The van der Waals surface area contributed by atoms with Crippen molar-refractivity contribution in [2.24, 2.45) is 0 Å². The molecule has 0 radical (unpaired) electrons. The molecule has 0 aliphatic rings. The van der Waals surface area contributed by atoms with E-state index in [1.165, 1.54) is 43.4 Å². The zero-order valence-electron chi connectivity index (χ0n) is 13.6. The smallest absolute Gasteiger partial charge is 0.226 e. The highest BCUT2D eigenvalue weighted by molar-refractivity contribution is 7.13. The lowest BCUT2D eigenvalue weighted by atomic mass is 10.1. The average molecular weight is 311 g/mol. The Hall–Kier alpha value is -0.940. The number of nitrogens with one attached hydrogen (secondary N) is 2. The van der Waals surface area contributed by atoms with Crippen LogP contribution in [0.5, 0.6) is 0 Å². The van der Waals surface area contributed by atoms with Crippen LogP contribution in [-0.2, 0) is 4.79 Å². The van der Waals surface area contributed by atoms with Gasteiger partial charge in [0.15, 0.2) is 5.13 Å². The molecule has 4 nitrogen and oxygen atoms in total. The standard InChI is InChI=1S/C16H29N3OS/c1-4-5-6-7-8-9-10-11-15(20)19-16-18-14(12-21-16)13(2)17-3/h12-13,17H,4-11H2,1-3H3,(H,18,19,20). The van der Waals surface area contributed by atoms with Crippen molar-refractivity contribution in [1.29, 1.82) is 0 Å². The van der Waals surface area contributed by atoms with E-state index in [0.29, 0.717) is 11.6 Å². The second-order valence-electron chi connectivity index (χ2n) is 5.51. The molecule has 1 atom stereocenters. The van der Waals surface area contributed by atoms with E-state index in [1.807, 2.05) is 12.4 Å². The molecule has 1 rings (SSSR count). The number of amides is 1. The summed E-state index contributed by atoms with van der Waals surface area (Å²) in [5, 5.41) is 8.73. The van der Waals surface area contributed by atoms with E-state index in [4.69, 9.17) is 0 Å². The van der Waals surface area contributed by atoms with E-state index in [0.717, 1.165) is 18.5 Å². The second-order valence-corrected chi connectivity index (χ2v) is 6.37. The molecule has 2 N–H and O–H groups in total. The minimum atomic E-state index is 0.0848. The zero-order chi connectivity index (χ0) is 15.5. The van der Waals surface area contributed by atoms with Gasteiger partial charge in [-0.3, -0.25) is 4.79 Å². The van der Waals surface area contributed by atoms with Crippen LogP contribution in [-0.4, -0.2) is 17.9 Å². The minimum absolute atomic E-state index is 0.0848. The molecule has 1 aromatic heterocycles. The van der Waals surface area contributed by atoms with Gasteiger partial charge < -0.3 is 10.6 Å². The Bertz CT molecular complexity index is 406. The number of carbonyl (C=O) groups excluding carboxylic acids is 1. The van der Waals surface area contributed by atoms with Crippen molar-refractivity contribution in [2.45, 2.75) is 71.3 Å². The van der Waals surface area contributed by atoms with Crippen LogP contribution in [0.2, 0.25) is 0 Å². The van der Waals surface area contributed by atoms with Crippen LogP contribution in [0.3, 0.4) is 0 Å². The molecule has 0 saturated carbocycles. The Balaban J connectivity index is 2.14. The number of carbonyl (C=O) groups is 1. The van der Waals surface area contributed by atoms with Crippen molar-refractivity contribution < 1.29 is 4.79 Å². The number of rotatable bonds is 11. The van der Waals surface area contributed by atoms with Gasteiger partial charge in [-0.15, -0.1) is 11.3 Å². The number of thiazole rings is 1. The van der Waals surface area contributed by atoms with Crippen LogP contribution >= 0.6 is 11.3 Å². The Morgan fingerprint density at radius 1 is 1.24 bits per heavy atom. The molecular formula is C16H29N3OS. The predicted molar refractivity (Wildman–Crippen MR) is 90.8 cm³/mol. The van der Waals surface area contributed by atoms with Crippen LogP contribution in [0.15, 0.2) is 5.38 Å². The number of unbranched alkanes of at least 4 members (excludes halogenated alkanes) is 6. The molecule has 0 aromatic carbocycles. The van der Waals surface area contributed by atoms with E-state index in [9.17, 15) is 4.79 Å². The summed E-state index contributed by atoms with van der Waals surface area (Å²) in [7, 11) is 1.91. The van der Waals surface area contributed by atoms with Crippen molar-refractivity contribution >= 4 is 22.4 Å². The lowest BCUT2D eigenvalue weighted by Crippen LogP contribution is -2.14. The van der Waals surface area contributed by atoms with Crippen LogP contribution in [0, 0.1) is 0 Å². The first-order chi connectivity index (χ1) is 10.2. The third kappa shape index (κ3) is 7.58. The van der Waals surface area contributed by atoms with Gasteiger partial charge in [0.25, 0.3) is 0 Å². The summed E-state index contributed by atoms with van der Waals surface area (Å²) >= 11 is 1.49. The van der Waals surface area contributed by atoms with Crippen LogP contribution in [0.4, 0.5) is 5.13 Å². The SMILES string of the molecule is CCCCCCCCCC(=O)Nc1nc(C(C)NC)cs1. The Morgan fingerprint density at radius 2 is 1.90 bits per heavy atom. The number of nitrogens with zero attached hydrogens (tertiary/aromatic N) is 1. The highest BCUT2D eigenvalue weighted by atomic mass is 32.1. The lowest BCUT2D eigenvalue weighted by Gasteiger charge is -2.05. The van der Waals surface area contributed by atoms with Gasteiger partial charge >= 0.3 is 0 Å². The second kappa shape index (κ2) is 10.7. The van der Waals surface area contributed by atoms with E-state index >= 15 is 0 Å². The van der Waals surface area contributed by atoms with Gasteiger partial charge in [0.05, 0.1) is 5.69 Å². The normalized spacial score (nSPS) is 12.3. The van der Waals surface area contributed by atoms with Gasteiger partial charge in [-0.25, -0.2) is 4.98 Å². The third-order valence-corrected chi connectivity index (χ3v) is 4.43. The Kier molecular flexibility index (Phi) is 9.26. The summed E-state index contributed by atoms with van der Waals surface area (Å²) < 4.78 is 0. The van der Waals surface area contributed by atoms with Crippen molar-refractivity contribution in [1.82, 2.24) is 10.3 Å². The summed E-state index contributed by atoms with van der Waals surface area (Å²) in [5.41, 5.74) is 0.980. The molecule has 0 bridgehead atoms. The van der Waals surface area contributed by atoms with Crippen molar-refractivity contribution in [3.63, 3.8) is 0 Å². The molecule has 1 amide bonds. The maximum Gasteiger partial charge on any atom is 0.226 e. The molecule has 1 aromatic rings. The van der Waals surface area contributed by atoms with Crippen molar-refractivity contribution in [3.8, 4) is 0 Å². The van der Waals surface area contributed by atoms with Gasteiger partial charge in [-0.2, -0.15) is 0 Å². The molecule has 21 heavy (non-hydrogen) atoms. The topological polar surface area (TPSA) is 54.0 Å². The summed E-state index contributed by atoms with van der Waals surface area (Å²) in [6.07, 6.45) is 9.21. The van der Waals surface area contributed by atoms with E-state index < -0.39 is 0 Å². The molecule has 0 fully saturated rings. The summed E-state index contributed by atoms with van der Waals surface area (Å²) in [6, 6.07) is 0.218. The fraction of sp³-hybridized carbons (Fsp3) is 0.750. The van der Waals surface area contributed by atoms with Gasteiger partial charge in [0.2, 0.25) is 5.91 Å². The Morgan fingerprint density at radius 3 is 2.57 bits per heavy atom. The molecule has 1 unspecified atom stereocenters. The van der Waals surface area contributed by atoms with Crippen LogP contribution in [0.1, 0.15) is 76.9 Å².